The first-order valence-electron chi connectivity index (χ1n) is 7.13. The molecular formula is C15H33NS2Zn. The molecule has 0 unspecified atom stereocenters. The second-order valence-electron chi connectivity index (χ2n) is 4.17. The zero-order chi connectivity index (χ0) is 14.6. The van der Waals surface area contributed by atoms with Gasteiger partial charge in [-0.3, -0.25) is 0 Å². The van der Waals surface area contributed by atoms with Crippen molar-refractivity contribution in [3.05, 3.63) is 13.8 Å². The molecule has 0 saturated heterocycles. The quantitative estimate of drug-likeness (QED) is 0.191. The molecule has 0 aliphatic heterocycles. The molecule has 0 aliphatic rings. The van der Waals surface area contributed by atoms with Gasteiger partial charge in [0.15, 0.2) is 0 Å². The molecular weight excluding hydrogens is 324 g/mol. The predicted molar refractivity (Wildman–Crippen MR) is 94.0 cm³/mol. The number of thiol groups is 1. The fourth-order valence-electron chi connectivity index (χ4n) is 1.21. The Balaban J connectivity index is -0.0000000900. The smallest absolute Gasteiger partial charge is 0.385 e. The van der Waals surface area contributed by atoms with Crippen molar-refractivity contribution in [2.75, 3.05) is 0 Å². The SMILES string of the molecule is NC(=S)S.[CH2-]CCCCCC.[CH2-]CCCCCC.[Zn+2]. The van der Waals surface area contributed by atoms with Crippen LogP contribution in [0.5, 0.6) is 0 Å². The molecule has 0 bridgehead atoms. The van der Waals surface area contributed by atoms with Gasteiger partial charge in [-0.25, -0.2) is 0 Å². The molecule has 19 heavy (non-hydrogen) atoms. The fraction of sp³-hybridized carbons (Fsp3) is 0.800. The summed E-state index contributed by atoms with van der Waals surface area (Å²) in [4.78, 5) is 0. The van der Waals surface area contributed by atoms with Crippen molar-refractivity contribution in [3.8, 4) is 0 Å². The van der Waals surface area contributed by atoms with Gasteiger partial charge in [-0.15, -0.1) is 12.6 Å². The van der Waals surface area contributed by atoms with E-state index in [0.717, 1.165) is 12.8 Å². The van der Waals surface area contributed by atoms with Crippen LogP contribution in [0.25, 0.3) is 0 Å². The monoisotopic (exact) mass is 355 g/mol. The minimum absolute atomic E-state index is 0. The third-order valence-corrected chi connectivity index (χ3v) is 2.21. The van der Waals surface area contributed by atoms with Crippen LogP contribution in [0, 0.1) is 13.8 Å². The van der Waals surface area contributed by atoms with Gasteiger partial charge in [0.05, 0.1) is 0 Å². The van der Waals surface area contributed by atoms with Gasteiger partial charge < -0.3 is 19.6 Å². The molecule has 0 heterocycles. The van der Waals surface area contributed by atoms with Crippen LogP contribution in [0.4, 0.5) is 0 Å². The van der Waals surface area contributed by atoms with Gasteiger partial charge in [-0.05, 0) is 0 Å². The maximum Gasteiger partial charge on any atom is 2.00 e. The average molecular weight is 357 g/mol. The van der Waals surface area contributed by atoms with Crippen molar-refractivity contribution in [1.82, 2.24) is 0 Å². The number of thiocarbonyl (C=S) groups is 1. The number of nitrogens with two attached hydrogens (primary N) is 1. The first-order valence-corrected chi connectivity index (χ1v) is 7.99. The van der Waals surface area contributed by atoms with E-state index in [0.29, 0.717) is 0 Å². The molecule has 0 aromatic carbocycles. The van der Waals surface area contributed by atoms with Gasteiger partial charge >= 0.3 is 19.5 Å². The van der Waals surface area contributed by atoms with E-state index in [4.69, 9.17) is 5.73 Å². The molecule has 0 aromatic heterocycles. The van der Waals surface area contributed by atoms with Crippen LogP contribution >= 0.6 is 24.8 Å². The summed E-state index contributed by atoms with van der Waals surface area (Å²) in [6.07, 6.45) is 13.0. The van der Waals surface area contributed by atoms with Crippen LogP contribution in [0.2, 0.25) is 0 Å². The Hall–Kier alpha value is 0.863. The summed E-state index contributed by atoms with van der Waals surface area (Å²) in [5.41, 5.74) is 4.71. The number of unbranched alkanes of at least 4 members (excludes halogenated alkanes) is 8. The van der Waals surface area contributed by atoms with Gasteiger partial charge in [0.2, 0.25) is 0 Å². The molecule has 112 valence electrons. The van der Waals surface area contributed by atoms with E-state index < -0.39 is 0 Å². The average Bonchev–Trinajstić information content (AvgIpc) is 2.31. The Kier molecular flexibility index (Phi) is 46.3. The number of rotatable bonds is 8. The Morgan fingerprint density at radius 3 is 1.32 bits per heavy atom. The van der Waals surface area contributed by atoms with Crippen molar-refractivity contribution in [1.29, 1.82) is 0 Å². The molecule has 0 spiro atoms. The molecule has 0 rings (SSSR count). The summed E-state index contributed by atoms with van der Waals surface area (Å²) in [7, 11) is 0. The van der Waals surface area contributed by atoms with E-state index in [9.17, 15) is 0 Å². The van der Waals surface area contributed by atoms with Crippen LogP contribution < -0.4 is 5.73 Å². The molecule has 0 radical (unpaired) electrons. The maximum atomic E-state index is 4.71. The van der Waals surface area contributed by atoms with E-state index in [1.807, 2.05) is 0 Å². The zero-order valence-electron chi connectivity index (χ0n) is 13.1. The molecule has 0 aromatic rings. The molecule has 0 saturated carbocycles. The first kappa shape index (κ1) is 28.1. The molecule has 2 N–H and O–H groups in total. The van der Waals surface area contributed by atoms with Gasteiger partial charge in [0, 0.05) is 0 Å². The van der Waals surface area contributed by atoms with Gasteiger partial charge in [-0.2, -0.15) is 12.8 Å². The van der Waals surface area contributed by atoms with Crippen LogP contribution in [-0.4, -0.2) is 4.32 Å². The molecule has 4 heteroatoms. The standard InChI is InChI=1S/2C7H15.CH3NS2.Zn/c2*1-3-5-7-6-4-2;2-1(3)4;/h2*1,3-7H2,2H3;(H3,2,3,4);/q2*-1;;+2. The van der Waals surface area contributed by atoms with Crippen LogP contribution in [0.1, 0.15) is 78.1 Å². The van der Waals surface area contributed by atoms with Crippen LogP contribution in [-0.2, 0) is 19.5 Å². The minimum Gasteiger partial charge on any atom is -0.385 e. The summed E-state index contributed by atoms with van der Waals surface area (Å²) in [5, 5.41) is 0. The molecule has 0 fully saturated rings. The first-order chi connectivity index (χ1) is 8.56. The molecule has 1 nitrogen and oxygen atoms in total. The van der Waals surface area contributed by atoms with Crippen molar-refractivity contribution in [3.63, 3.8) is 0 Å². The van der Waals surface area contributed by atoms with Crippen LogP contribution in [0.3, 0.4) is 0 Å². The molecule has 0 aliphatic carbocycles. The minimum atomic E-state index is 0. The third kappa shape index (κ3) is 68.3. The number of hydrogen-bond acceptors (Lipinski definition) is 1. The Morgan fingerprint density at radius 1 is 0.895 bits per heavy atom. The van der Waals surface area contributed by atoms with Crippen molar-refractivity contribution in [2.24, 2.45) is 5.73 Å². The summed E-state index contributed by atoms with van der Waals surface area (Å²) < 4.78 is 0.194. The Labute approximate surface area is 146 Å². The summed E-state index contributed by atoms with van der Waals surface area (Å²) >= 11 is 7.65. The van der Waals surface area contributed by atoms with E-state index in [2.05, 4.69) is 52.5 Å². The Bertz CT molecular complexity index is 122. The number of hydrogen-bond donors (Lipinski definition) is 2. The second-order valence-corrected chi connectivity index (χ2v) is 5.39. The van der Waals surface area contributed by atoms with Crippen molar-refractivity contribution in [2.45, 2.75) is 78.1 Å². The van der Waals surface area contributed by atoms with Crippen LogP contribution in [0.15, 0.2) is 0 Å². The summed E-state index contributed by atoms with van der Waals surface area (Å²) in [6, 6.07) is 0. The van der Waals surface area contributed by atoms with Gasteiger partial charge in [0.1, 0.15) is 4.32 Å². The van der Waals surface area contributed by atoms with Gasteiger partial charge in [0.25, 0.3) is 0 Å². The second kappa shape index (κ2) is 31.3. The van der Waals surface area contributed by atoms with Crippen molar-refractivity contribution >= 4 is 29.2 Å². The van der Waals surface area contributed by atoms with E-state index in [1.54, 1.807) is 0 Å². The molecule has 0 amide bonds. The zero-order valence-corrected chi connectivity index (χ0v) is 17.8. The van der Waals surface area contributed by atoms with Gasteiger partial charge in [-0.1, -0.05) is 77.4 Å². The fourth-order valence-corrected chi connectivity index (χ4v) is 1.21. The molecule has 0 atom stereocenters. The topological polar surface area (TPSA) is 26.0 Å². The van der Waals surface area contributed by atoms with Crippen molar-refractivity contribution < 1.29 is 19.5 Å². The third-order valence-electron chi connectivity index (χ3n) is 2.21. The normalized spacial score (nSPS) is 8.26. The predicted octanol–water partition coefficient (Wildman–Crippen LogP) is 5.74. The summed E-state index contributed by atoms with van der Waals surface area (Å²) in [6.45, 7) is 12.0. The summed E-state index contributed by atoms with van der Waals surface area (Å²) in [5.74, 6) is 0. The van der Waals surface area contributed by atoms with E-state index >= 15 is 0 Å². The van der Waals surface area contributed by atoms with E-state index in [-0.39, 0.29) is 23.8 Å². The Morgan fingerprint density at radius 2 is 1.16 bits per heavy atom. The van der Waals surface area contributed by atoms with E-state index in [1.165, 1.54) is 51.4 Å². The maximum absolute atomic E-state index is 4.71. The largest absolute Gasteiger partial charge is 2.00 e.